The minimum atomic E-state index is -0.136. The lowest BCUT2D eigenvalue weighted by Crippen LogP contribution is -2.14. The summed E-state index contributed by atoms with van der Waals surface area (Å²) >= 11 is 5.62. The molecular weight excluding hydrogens is 384 g/mol. The largest absolute Gasteiger partial charge is 0.463 e. The number of halogens is 1. The number of carbonyl (C=O) groups is 1. The van der Waals surface area contributed by atoms with Crippen molar-refractivity contribution < 1.29 is 28.5 Å². The van der Waals surface area contributed by atoms with Gasteiger partial charge in [-0.3, -0.25) is 4.79 Å². The highest BCUT2D eigenvalue weighted by Gasteiger charge is 2.02. The number of unbranched alkanes of at least 4 members (excludes halogenated alkanes) is 6. The molecule has 28 heavy (non-hydrogen) atoms. The summed E-state index contributed by atoms with van der Waals surface area (Å²) in [5.41, 5.74) is 0. The van der Waals surface area contributed by atoms with Crippen LogP contribution >= 0.6 is 11.6 Å². The Labute approximate surface area is 176 Å². The van der Waals surface area contributed by atoms with Gasteiger partial charge in [0, 0.05) is 18.9 Å². The Kier molecular flexibility index (Phi) is 24.3. The number of hydrogen-bond acceptors (Lipinski definition) is 6. The molecule has 0 aromatic heterocycles. The third kappa shape index (κ3) is 23.6. The average Bonchev–Trinajstić information content (AvgIpc) is 2.70. The van der Waals surface area contributed by atoms with E-state index >= 15 is 0 Å². The van der Waals surface area contributed by atoms with Gasteiger partial charge < -0.3 is 23.7 Å². The number of hydrogen-bond donors (Lipinski definition) is 0. The minimum absolute atomic E-state index is 0.136. The highest BCUT2D eigenvalue weighted by molar-refractivity contribution is 6.17. The van der Waals surface area contributed by atoms with E-state index in [-0.39, 0.29) is 5.97 Å². The van der Waals surface area contributed by atoms with Gasteiger partial charge in [0.25, 0.3) is 0 Å². The molecule has 0 N–H and O–H groups in total. The van der Waals surface area contributed by atoms with Crippen LogP contribution in [-0.4, -0.2) is 71.3 Å². The lowest BCUT2D eigenvalue weighted by molar-refractivity contribution is -0.145. The zero-order chi connectivity index (χ0) is 20.5. The lowest BCUT2D eigenvalue weighted by Gasteiger charge is -2.08. The van der Waals surface area contributed by atoms with E-state index in [4.69, 9.17) is 35.3 Å². The molecule has 0 aromatic carbocycles. The first-order valence-electron chi connectivity index (χ1n) is 10.8. The van der Waals surface area contributed by atoms with Gasteiger partial charge >= 0.3 is 5.97 Å². The van der Waals surface area contributed by atoms with E-state index in [1.54, 1.807) is 0 Å². The minimum Gasteiger partial charge on any atom is -0.463 e. The fraction of sp³-hybridized carbons (Fsp3) is 0.952. The summed E-state index contributed by atoms with van der Waals surface area (Å²) in [5.74, 6) is 0.612. The molecule has 7 heteroatoms. The first-order valence-corrected chi connectivity index (χ1v) is 11.4. The van der Waals surface area contributed by atoms with Crippen LogP contribution in [0.25, 0.3) is 0 Å². The van der Waals surface area contributed by atoms with Gasteiger partial charge in [-0.15, -0.1) is 11.6 Å². The highest BCUT2D eigenvalue weighted by atomic mass is 35.5. The van der Waals surface area contributed by atoms with Crippen molar-refractivity contribution in [3.63, 3.8) is 0 Å². The summed E-state index contributed by atoms with van der Waals surface area (Å²) in [7, 11) is 0. The van der Waals surface area contributed by atoms with E-state index in [2.05, 4.69) is 6.92 Å². The monoisotopic (exact) mass is 424 g/mol. The Morgan fingerprint density at radius 2 is 1.11 bits per heavy atom. The number of rotatable bonds is 23. The van der Waals surface area contributed by atoms with E-state index in [1.807, 2.05) is 0 Å². The van der Waals surface area contributed by atoms with Crippen molar-refractivity contribution in [2.75, 3.05) is 65.3 Å². The van der Waals surface area contributed by atoms with E-state index in [0.29, 0.717) is 59.3 Å². The number of esters is 1. The lowest BCUT2D eigenvalue weighted by atomic mass is 10.2. The molecule has 6 nitrogen and oxygen atoms in total. The second-order valence-electron chi connectivity index (χ2n) is 6.58. The summed E-state index contributed by atoms with van der Waals surface area (Å²) in [6.45, 7) is 6.94. The third-order valence-electron chi connectivity index (χ3n) is 4.01. The molecule has 0 bridgehead atoms. The van der Waals surface area contributed by atoms with Crippen LogP contribution in [0.15, 0.2) is 0 Å². The molecule has 0 aliphatic rings. The molecule has 0 amide bonds. The summed E-state index contributed by atoms with van der Waals surface area (Å²) in [6.07, 6.45) is 9.35. The molecule has 0 saturated heterocycles. The van der Waals surface area contributed by atoms with Crippen molar-refractivity contribution in [3.05, 3.63) is 0 Å². The maximum Gasteiger partial charge on any atom is 0.305 e. The van der Waals surface area contributed by atoms with Gasteiger partial charge in [0.05, 0.1) is 46.2 Å². The molecule has 0 fully saturated rings. The zero-order valence-electron chi connectivity index (χ0n) is 17.8. The van der Waals surface area contributed by atoms with Crippen molar-refractivity contribution in [3.8, 4) is 0 Å². The zero-order valence-corrected chi connectivity index (χ0v) is 18.5. The third-order valence-corrected chi connectivity index (χ3v) is 4.28. The van der Waals surface area contributed by atoms with Crippen LogP contribution in [0.4, 0.5) is 0 Å². The van der Waals surface area contributed by atoms with Gasteiger partial charge in [0.15, 0.2) is 0 Å². The molecule has 0 heterocycles. The second kappa shape index (κ2) is 24.6. The standard InChI is InChI=1S/C21H41ClO6/c1-2-3-4-7-10-21(23)28-20-19-27-18-17-26-16-15-25-14-13-24-12-9-6-5-8-11-22/h2-20H2,1H3. The van der Waals surface area contributed by atoms with Crippen LogP contribution in [0.5, 0.6) is 0 Å². The van der Waals surface area contributed by atoms with Crippen LogP contribution in [-0.2, 0) is 28.5 Å². The van der Waals surface area contributed by atoms with Gasteiger partial charge in [-0.05, 0) is 19.3 Å². The van der Waals surface area contributed by atoms with Crippen molar-refractivity contribution in [1.82, 2.24) is 0 Å². The van der Waals surface area contributed by atoms with Crippen LogP contribution in [0.3, 0.4) is 0 Å². The SMILES string of the molecule is CCCCCCC(=O)OCCOCCOCCOCCOCCCCCCCl. The predicted octanol–water partition coefficient (Wildman–Crippen LogP) is 4.37. The first-order chi connectivity index (χ1) is 13.8. The fourth-order valence-corrected chi connectivity index (χ4v) is 2.59. The van der Waals surface area contributed by atoms with Gasteiger partial charge in [0.2, 0.25) is 0 Å². The molecule has 0 aliphatic heterocycles. The topological polar surface area (TPSA) is 63.2 Å². The molecule has 0 spiro atoms. The molecule has 0 unspecified atom stereocenters. The van der Waals surface area contributed by atoms with Gasteiger partial charge in [-0.1, -0.05) is 39.0 Å². The number of carbonyl (C=O) groups excluding carboxylic acids is 1. The average molecular weight is 425 g/mol. The maximum atomic E-state index is 11.4. The summed E-state index contributed by atoms with van der Waals surface area (Å²) in [5, 5.41) is 0. The van der Waals surface area contributed by atoms with Crippen molar-refractivity contribution in [2.45, 2.75) is 64.7 Å². The normalized spacial score (nSPS) is 11.1. The quantitative estimate of drug-likeness (QED) is 0.138. The number of alkyl halides is 1. The van der Waals surface area contributed by atoms with E-state index in [0.717, 1.165) is 38.2 Å². The smallest absolute Gasteiger partial charge is 0.305 e. The molecule has 0 radical (unpaired) electrons. The Bertz CT molecular complexity index is 317. The first kappa shape index (κ1) is 27.6. The van der Waals surface area contributed by atoms with Crippen LogP contribution in [0.1, 0.15) is 64.7 Å². The summed E-state index contributed by atoms with van der Waals surface area (Å²) in [4.78, 5) is 11.4. The van der Waals surface area contributed by atoms with Crippen LogP contribution in [0, 0.1) is 0 Å². The molecule has 0 aromatic rings. The molecule has 0 atom stereocenters. The van der Waals surface area contributed by atoms with Crippen LogP contribution in [0.2, 0.25) is 0 Å². The van der Waals surface area contributed by atoms with Crippen molar-refractivity contribution >= 4 is 17.6 Å². The van der Waals surface area contributed by atoms with Gasteiger partial charge in [-0.2, -0.15) is 0 Å². The van der Waals surface area contributed by atoms with Gasteiger partial charge in [-0.25, -0.2) is 0 Å². The molecule has 0 aliphatic carbocycles. The highest BCUT2D eigenvalue weighted by Crippen LogP contribution is 2.03. The Balaban J connectivity index is 3.07. The second-order valence-corrected chi connectivity index (χ2v) is 6.96. The van der Waals surface area contributed by atoms with Crippen LogP contribution < -0.4 is 0 Å². The maximum absolute atomic E-state index is 11.4. The van der Waals surface area contributed by atoms with E-state index in [9.17, 15) is 4.79 Å². The summed E-state index contributed by atoms with van der Waals surface area (Å²) < 4.78 is 26.8. The Morgan fingerprint density at radius 1 is 0.607 bits per heavy atom. The molecule has 0 saturated carbocycles. The fourth-order valence-electron chi connectivity index (χ4n) is 2.40. The predicted molar refractivity (Wildman–Crippen MR) is 112 cm³/mol. The van der Waals surface area contributed by atoms with Gasteiger partial charge in [0.1, 0.15) is 6.61 Å². The van der Waals surface area contributed by atoms with Crippen molar-refractivity contribution in [1.29, 1.82) is 0 Å². The molecule has 0 rings (SSSR count). The summed E-state index contributed by atoms with van der Waals surface area (Å²) in [6, 6.07) is 0. The van der Waals surface area contributed by atoms with Crippen molar-refractivity contribution in [2.24, 2.45) is 0 Å². The Morgan fingerprint density at radius 3 is 1.68 bits per heavy atom. The number of ether oxygens (including phenoxy) is 5. The Hall–Kier alpha value is -0.400. The molecule has 168 valence electrons. The molecular formula is C21H41ClO6. The van der Waals surface area contributed by atoms with E-state index in [1.165, 1.54) is 25.7 Å². The van der Waals surface area contributed by atoms with E-state index < -0.39 is 0 Å².